The maximum absolute atomic E-state index is 9.37. The van der Waals surface area contributed by atoms with Crippen molar-refractivity contribution in [1.29, 1.82) is 0 Å². The number of carboxylic acid groups (broad SMARTS) is 1. The van der Waals surface area contributed by atoms with Crippen LogP contribution in [0.2, 0.25) is 0 Å². The normalized spacial score (nSPS) is 15.7. The van der Waals surface area contributed by atoms with Crippen molar-refractivity contribution in [2.45, 2.75) is 26.2 Å². The Kier molecular flexibility index (Phi) is 6.18. The van der Waals surface area contributed by atoms with E-state index in [4.69, 9.17) is 9.84 Å². The Bertz CT molecular complexity index is 79.2. The molecule has 0 aromatic rings. The molecule has 3 heteroatoms. The van der Waals surface area contributed by atoms with Gasteiger partial charge in [-0.25, -0.2) is 0 Å². The molecule has 3 nitrogen and oxygen atoms in total. The van der Waals surface area contributed by atoms with Gasteiger partial charge in [0.1, 0.15) is 0 Å². The van der Waals surface area contributed by atoms with Gasteiger partial charge in [-0.3, -0.25) is 4.79 Å². The molecule has 0 saturated carbocycles. The Labute approximate surface area is 61.0 Å². The molecule has 0 aromatic heterocycles. The summed E-state index contributed by atoms with van der Waals surface area (Å²) >= 11 is 0. The summed E-state index contributed by atoms with van der Waals surface area (Å²) in [5.41, 5.74) is 0. The minimum Gasteiger partial charge on any atom is -0.481 e. The van der Waals surface area contributed by atoms with Gasteiger partial charge in [-0.05, 0) is 12.8 Å². The molecule has 1 saturated heterocycles. The maximum Gasteiger partial charge on any atom is 0.303 e. The van der Waals surface area contributed by atoms with Crippen LogP contribution in [0.3, 0.4) is 0 Å². The highest BCUT2D eigenvalue weighted by Crippen LogP contribution is 1.98. The number of aliphatic carboxylic acids is 1. The van der Waals surface area contributed by atoms with Gasteiger partial charge < -0.3 is 9.84 Å². The molecule has 60 valence electrons. The summed E-state index contributed by atoms with van der Waals surface area (Å²) in [7, 11) is 0. The number of ether oxygens (including phenoxy) is 1. The Morgan fingerprint density at radius 3 is 2.00 bits per heavy atom. The van der Waals surface area contributed by atoms with Crippen LogP contribution in [-0.4, -0.2) is 24.3 Å². The minimum atomic E-state index is -0.745. The molecule has 1 fully saturated rings. The predicted molar refractivity (Wildman–Crippen MR) is 38.0 cm³/mol. The van der Waals surface area contributed by atoms with Crippen LogP contribution >= 0.6 is 0 Å². The number of hydrogen-bond donors (Lipinski definition) is 1. The Morgan fingerprint density at radius 1 is 1.50 bits per heavy atom. The molecule has 0 aromatic carbocycles. The third-order valence-corrected chi connectivity index (χ3v) is 1.13. The topological polar surface area (TPSA) is 46.5 Å². The average molecular weight is 146 g/mol. The molecule has 1 heterocycles. The first-order valence-corrected chi connectivity index (χ1v) is 3.57. The molecule has 0 aliphatic carbocycles. The molecule has 0 unspecified atom stereocenters. The summed E-state index contributed by atoms with van der Waals surface area (Å²) in [4.78, 5) is 9.37. The van der Waals surface area contributed by atoms with Crippen LogP contribution in [0, 0.1) is 0 Å². The SMILES string of the molecule is C1CCOC1.CCC(=O)O. The number of carbonyl (C=O) groups is 1. The first-order valence-electron chi connectivity index (χ1n) is 3.57. The highest BCUT2D eigenvalue weighted by Gasteiger charge is 1.94. The van der Waals surface area contributed by atoms with E-state index in [9.17, 15) is 4.79 Å². The summed E-state index contributed by atoms with van der Waals surface area (Å²) in [6, 6.07) is 0. The van der Waals surface area contributed by atoms with E-state index in [-0.39, 0.29) is 6.42 Å². The maximum atomic E-state index is 9.37. The van der Waals surface area contributed by atoms with Crippen LogP contribution < -0.4 is 0 Å². The van der Waals surface area contributed by atoms with Gasteiger partial charge in [-0.2, -0.15) is 0 Å². The molecule has 0 atom stereocenters. The highest BCUT2D eigenvalue weighted by atomic mass is 16.5. The lowest BCUT2D eigenvalue weighted by molar-refractivity contribution is -0.136. The van der Waals surface area contributed by atoms with Crippen molar-refractivity contribution >= 4 is 5.97 Å². The molecule has 0 radical (unpaired) electrons. The van der Waals surface area contributed by atoms with E-state index in [1.807, 2.05) is 0 Å². The van der Waals surface area contributed by atoms with Crippen LogP contribution in [0.1, 0.15) is 26.2 Å². The average Bonchev–Trinajstić information content (AvgIpc) is 2.43. The molecule has 1 aliphatic rings. The first-order chi connectivity index (χ1) is 4.77. The molecular weight excluding hydrogens is 132 g/mol. The van der Waals surface area contributed by atoms with Crippen molar-refractivity contribution in [1.82, 2.24) is 0 Å². The molecule has 1 rings (SSSR count). The van der Waals surface area contributed by atoms with Crippen molar-refractivity contribution < 1.29 is 14.6 Å². The van der Waals surface area contributed by atoms with Gasteiger partial charge in [0.15, 0.2) is 0 Å². The molecule has 10 heavy (non-hydrogen) atoms. The van der Waals surface area contributed by atoms with Crippen molar-refractivity contribution in [2.75, 3.05) is 13.2 Å². The van der Waals surface area contributed by atoms with Gasteiger partial charge in [0.2, 0.25) is 0 Å². The fourth-order valence-electron chi connectivity index (χ4n) is 0.510. The monoisotopic (exact) mass is 146 g/mol. The van der Waals surface area contributed by atoms with E-state index >= 15 is 0 Å². The summed E-state index contributed by atoms with van der Waals surface area (Å²) < 4.78 is 4.94. The number of rotatable bonds is 1. The van der Waals surface area contributed by atoms with E-state index in [2.05, 4.69) is 0 Å². The van der Waals surface area contributed by atoms with Gasteiger partial charge in [-0.15, -0.1) is 0 Å². The molecular formula is C7H14O3. The molecule has 0 amide bonds. The second-order valence-corrected chi connectivity index (χ2v) is 2.07. The first kappa shape index (κ1) is 9.43. The van der Waals surface area contributed by atoms with E-state index in [1.165, 1.54) is 12.8 Å². The summed E-state index contributed by atoms with van der Waals surface area (Å²) in [5, 5.41) is 7.72. The van der Waals surface area contributed by atoms with Crippen LogP contribution in [0.15, 0.2) is 0 Å². The van der Waals surface area contributed by atoms with Crippen LogP contribution in [0.5, 0.6) is 0 Å². The lowest BCUT2D eigenvalue weighted by Crippen LogP contribution is -1.86. The molecule has 0 spiro atoms. The zero-order valence-electron chi connectivity index (χ0n) is 6.30. The van der Waals surface area contributed by atoms with Crippen molar-refractivity contribution in [3.8, 4) is 0 Å². The Balaban J connectivity index is 0.000000162. The third-order valence-electron chi connectivity index (χ3n) is 1.13. The van der Waals surface area contributed by atoms with Crippen molar-refractivity contribution in [2.24, 2.45) is 0 Å². The van der Waals surface area contributed by atoms with Gasteiger partial charge in [0, 0.05) is 19.6 Å². The van der Waals surface area contributed by atoms with Gasteiger partial charge in [0.25, 0.3) is 0 Å². The Hall–Kier alpha value is -0.570. The van der Waals surface area contributed by atoms with Crippen molar-refractivity contribution in [3.05, 3.63) is 0 Å². The van der Waals surface area contributed by atoms with E-state index in [0.717, 1.165) is 13.2 Å². The van der Waals surface area contributed by atoms with Crippen molar-refractivity contribution in [3.63, 3.8) is 0 Å². The van der Waals surface area contributed by atoms with Gasteiger partial charge in [-0.1, -0.05) is 6.92 Å². The predicted octanol–water partition coefficient (Wildman–Crippen LogP) is 1.28. The fraction of sp³-hybridized carbons (Fsp3) is 0.857. The van der Waals surface area contributed by atoms with Crippen LogP contribution in [0.25, 0.3) is 0 Å². The third kappa shape index (κ3) is 7.43. The number of carboxylic acids is 1. The lowest BCUT2D eigenvalue weighted by Gasteiger charge is -1.76. The summed E-state index contributed by atoms with van der Waals surface area (Å²) in [6.07, 6.45) is 2.78. The van der Waals surface area contributed by atoms with E-state index in [0.29, 0.717) is 0 Å². The molecule has 1 aliphatic heterocycles. The fourth-order valence-corrected chi connectivity index (χ4v) is 0.510. The summed E-state index contributed by atoms with van der Waals surface area (Å²) in [5.74, 6) is -0.745. The lowest BCUT2D eigenvalue weighted by atomic mass is 10.4. The molecule has 1 N–H and O–H groups in total. The second kappa shape index (κ2) is 6.55. The second-order valence-electron chi connectivity index (χ2n) is 2.07. The smallest absolute Gasteiger partial charge is 0.303 e. The highest BCUT2D eigenvalue weighted by molar-refractivity contribution is 5.66. The van der Waals surface area contributed by atoms with Gasteiger partial charge >= 0.3 is 5.97 Å². The molecule has 0 bridgehead atoms. The zero-order valence-corrected chi connectivity index (χ0v) is 6.30. The quantitative estimate of drug-likeness (QED) is 0.606. The standard InChI is InChI=1S/C4H8O.C3H6O2/c1-2-4-5-3-1;1-2-3(4)5/h1-4H2;2H2,1H3,(H,4,5). The van der Waals surface area contributed by atoms with Crippen LogP contribution in [-0.2, 0) is 9.53 Å². The minimum absolute atomic E-state index is 0.222. The Morgan fingerprint density at radius 2 is 1.90 bits per heavy atom. The van der Waals surface area contributed by atoms with E-state index < -0.39 is 5.97 Å². The van der Waals surface area contributed by atoms with Crippen LogP contribution in [0.4, 0.5) is 0 Å². The zero-order chi connectivity index (χ0) is 7.82. The summed E-state index contributed by atoms with van der Waals surface area (Å²) in [6.45, 7) is 3.60. The number of hydrogen-bond acceptors (Lipinski definition) is 2. The van der Waals surface area contributed by atoms with Gasteiger partial charge in [0.05, 0.1) is 0 Å². The van der Waals surface area contributed by atoms with E-state index in [1.54, 1.807) is 6.92 Å². The largest absolute Gasteiger partial charge is 0.481 e.